The Bertz CT molecular complexity index is 83.8. The van der Waals surface area contributed by atoms with Gasteiger partial charge in [0, 0.05) is 26.4 Å². The van der Waals surface area contributed by atoms with Gasteiger partial charge in [-0.15, -0.1) is 0 Å². The highest BCUT2D eigenvalue weighted by atomic mass is 16.5. The van der Waals surface area contributed by atoms with E-state index in [1.807, 2.05) is 13.8 Å². The molecule has 0 aliphatic heterocycles. The molecular formula is C9H20O3. The first-order chi connectivity index (χ1) is 5.77. The van der Waals surface area contributed by atoms with Crippen molar-refractivity contribution in [2.45, 2.75) is 32.8 Å². The highest BCUT2D eigenvalue weighted by molar-refractivity contribution is 4.39. The number of aliphatic hydroxyl groups is 1. The molecule has 1 N–H and O–H groups in total. The number of ether oxygens (including phenoxy) is 2. The number of rotatable bonds is 8. The molecule has 0 spiro atoms. The lowest BCUT2D eigenvalue weighted by atomic mass is 10.4. The van der Waals surface area contributed by atoms with Gasteiger partial charge >= 0.3 is 0 Å². The third kappa shape index (κ3) is 9.88. The zero-order chi connectivity index (χ0) is 9.23. The predicted molar refractivity (Wildman–Crippen MR) is 48.2 cm³/mol. The van der Waals surface area contributed by atoms with Crippen LogP contribution in [0.3, 0.4) is 0 Å². The van der Waals surface area contributed by atoms with Gasteiger partial charge in [-0.25, -0.2) is 0 Å². The SMILES string of the molecule is CC(C)OCCCOCCCO. The van der Waals surface area contributed by atoms with Crippen LogP contribution in [-0.2, 0) is 9.47 Å². The standard InChI is InChI=1S/C9H20O3/c1-9(2)12-8-4-7-11-6-3-5-10/h9-10H,3-8H2,1-2H3. The molecule has 0 radical (unpaired) electrons. The molecule has 0 atom stereocenters. The van der Waals surface area contributed by atoms with Gasteiger partial charge in [0.05, 0.1) is 6.10 Å². The Morgan fingerprint density at radius 3 is 2.33 bits per heavy atom. The van der Waals surface area contributed by atoms with Gasteiger partial charge < -0.3 is 14.6 Å². The number of hydrogen-bond acceptors (Lipinski definition) is 3. The van der Waals surface area contributed by atoms with E-state index in [0.29, 0.717) is 12.7 Å². The van der Waals surface area contributed by atoms with Crippen molar-refractivity contribution in [1.29, 1.82) is 0 Å². The quantitative estimate of drug-likeness (QED) is 0.565. The zero-order valence-corrected chi connectivity index (χ0v) is 8.08. The summed E-state index contributed by atoms with van der Waals surface area (Å²) < 4.78 is 10.5. The maximum absolute atomic E-state index is 8.44. The van der Waals surface area contributed by atoms with Crippen LogP contribution in [0.15, 0.2) is 0 Å². The maximum Gasteiger partial charge on any atom is 0.0518 e. The van der Waals surface area contributed by atoms with Gasteiger partial charge in [-0.05, 0) is 26.7 Å². The van der Waals surface area contributed by atoms with E-state index in [1.54, 1.807) is 0 Å². The number of hydrogen-bond donors (Lipinski definition) is 1. The number of aliphatic hydroxyl groups excluding tert-OH is 1. The highest BCUT2D eigenvalue weighted by Gasteiger charge is 1.92. The average molecular weight is 176 g/mol. The van der Waals surface area contributed by atoms with Crippen molar-refractivity contribution in [2.75, 3.05) is 26.4 Å². The fraction of sp³-hybridized carbons (Fsp3) is 1.00. The Kier molecular flexibility index (Phi) is 8.88. The summed E-state index contributed by atoms with van der Waals surface area (Å²) in [6.07, 6.45) is 1.97. The van der Waals surface area contributed by atoms with Crippen molar-refractivity contribution in [3.63, 3.8) is 0 Å². The molecule has 74 valence electrons. The van der Waals surface area contributed by atoms with Gasteiger partial charge in [0.1, 0.15) is 0 Å². The molecule has 0 aromatic rings. The first-order valence-corrected chi connectivity index (χ1v) is 4.57. The minimum absolute atomic E-state index is 0.211. The van der Waals surface area contributed by atoms with Gasteiger partial charge in [-0.2, -0.15) is 0 Å². The van der Waals surface area contributed by atoms with Gasteiger partial charge in [0.2, 0.25) is 0 Å². The van der Waals surface area contributed by atoms with E-state index in [0.717, 1.165) is 26.1 Å². The van der Waals surface area contributed by atoms with Crippen molar-refractivity contribution in [3.05, 3.63) is 0 Å². The molecule has 0 aromatic carbocycles. The Hall–Kier alpha value is -0.120. The molecule has 0 fully saturated rings. The second kappa shape index (κ2) is 8.97. The highest BCUT2D eigenvalue weighted by Crippen LogP contribution is 1.91. The predicted octanol–water partition coefficient (Wildman–Crippen LogP) is 1.20. The van der Waals surface area contributed by atoms with Crippen molar-refractivity contribution in [2.24, 2.45) is 0 Å². The lowest BCUT2D eigenvalue weighted by molar-refractivity contribution is 0.0487. The van der Waals surface area contributed by atoms with E-state index in [9.17, 15) is 0 Å². The first-order valence-electron chi connectivity index (χ1n) is 4.57. The molecule has 0 amide bonds. The van der Waals surface area contributed by atoms with Crippen LogP contribution in [0.5, 0.6) is 0 Å². The van der Waals surface area contributed by atoms with E-state index < -0.39 is 0 Å². The minimum atomic E-state index is 0.211. The van der Waals surface area contributed by atoms with E-state index in [2.05, 4.69) is 0 Å². The van der Waals surface area contributed by atoms with Crippen LogP contribution >= 0.6 is 0 Å². The summed E-state index contributed by atoms with van der Waals surface area (Å²) in [6, 6.07) is 0. The zero-order valence-electron chi connectivity index (χ0n) is 8.08. The summed E-state index contributed by atoms with van der Waals surface area (Å²) in [7, 11) is 0. The second-order valence-electron chi connectivity index (χ2n) is 2.96. The van der Waals surface area contributed by atoms with Gasteiger partial charge in [0.15, 0.2) is 0 Å². The first kappa shape index (κ1) is 11.9. The Labute approximate surface area is 74.7 Å². The monoisotopic (exact) mass is 176 g/mol. The Balaban J connectivity index is 2.82. The van der Waals surface area contributed by atoms with Gasteiger partial charge in [-0.3, -0.25) is 0 Å². The van der Waals surface area contributed by atoms with Crippen LogP contribution in [0.4, 0.5) is 0 Å². The molecule has 0 saturated carbocycles. The molecule has 0 aliphatic carbocycles. The summed E-state index contributed by atoms with van der Waals surface area (Å²) in [6.45, 7) is 6.39. The van der Waals surface area contributed by atoms with Crippen LogP contribution < -0.4 is 0 Å². The normalized spacial score (nSPS) is 11.0. The summed E-state index contributed by atoms with van der Waals surface area (Å²) in [4.78, 5) is 0. The molecule has 0 saturated heterocycles. The summed E-state index contributed by atoms with van der Waals surface area (Å²) in [5, 5.41) is 8.44. The van der Waals surface area contributed by atoms with Gasteiger partial charge in [-0.1, -0.05) is 0 Å². The Morgan fingerprint density at radius 1 is 1.08 bits per heavy atom. The van der Waals surface area contributed by atoms with Crippen molar-refractivity contribution >= 4 is 0 Å². The fourth-order valence-corrected chi connectivity index (χ4v) is 0.749. The summed E-state index contributed by atoms with van der Waals surface area (Å²) in [5.74, 6) is 0. The Morgan fingerprint density at radius 2 is 1.75 bits per heavy atom. The minimum Gasteiger partial charge on any atom is -0.396 e. The van der Waals surface area contributed by atoms with Crippen LogP contribution in [0.25, 0.3) is 0 Å². The molecule has 12 heavy (non-hydrogen) atoms. The van der Waals surface area contributed by atoms with E-state index in [-0.39, 0.29) is 6.61 Å². The molecule has 0 aromatic heterocycles. The molecule has 0 unspecified atom stereocenters. The lowest BCUT2D eigenvalue weighted by Crippen LogP contribution is -2.07. The largest absolute Gasteiger partial charge is 0.396 e. The molecule has 3 heteroatoms. The van der Waals surface area contributed by atoms with Crippen LogP contribution in [0, 0.1) is 0 Å². The molecule has 0 aliphatic rings. The van der Waals surface area contributed by atoms with E-state index in [4.69, 9.17) is 14.6 Å². The van der Waals surface area contributed by atoms with Crippen molar-refractivity contribution < 1.29 is 14.6 Å². The van der Waals surface area contributed by atoms with Crippen molar-refractivity contribution in [3.8, 4) is 0 Å². The van der Waals surface area contributed by atoms with E-state index >= 15 is 0 Å². The van der Waals surface area contributed by atoms with Crippen LogP contribution in [0.1, 0.15) is 26.7 Å². The topological polar surface area (TPSA) is 38.7 Å². The molecule has 0 heterocycles. The summed E-state index contributed by atoms with van der Waals surface area (Å²) >= 11 is 0. The van der Waals surface area contributed by atoms with Crippen LogP contribution in [0.2, 0.25) is 0 Å². The second-order valence-corrected chi connectivity index (χ2v) is 2.96. The maximum atomic E-state index is 8.44. The lowest BCUT2D eigenvalue weighted by Gasteiger charge is -2.07. The van der Waals surface area contributed by atoms with Crippen LogP contribution in [-0.4, -0.2) is 37.6 Å². The molecule has 3 nitrogen and oxygen atoms in total. The average Bonchev–Trinajstić information content (AvgIpc) is 2.02. The summed E-state index contributed by atoms with van der Waals surface area (Å²) in [5.41, 5.74) is 0. The van der Waals surface area contributed by atoms with E-state index in [1.165, 1.54) is 0 Å². The van der Waals surface area contributed by atoms with Crippen molar-refractivity contribution in [1.82, 2.24) is 0 Å². The fourth-order valence-electron chi connectivity index (χ4n) is 0.749. The molecular weight excluding hydrogens is 156 g/mol. The van der Waals surface area contributed by atoms with Gasteiger partial charge in [0.25, 0.3) is 0 Å². The third-order valence-electron chi connectivity index (χ3n) is 1.33. The molecule has 0 bridgehead atoms. The smallest absolute Gasteiger partial charge is 0.0518 e. The third-order valence-corrected chi connectivity index (χ3v) is 1.33. The molecule has 0 rings (SSSR count).